The maximum atomic E-state index is 13.9. The number of carbonyl (C=O) groups is 4. The van der Waals surface area contributed by atoms with E-state index >= 15 is 0 Å². The summed E-state index contributed by atoms with van der Waals surface area (Å²) in [5.41, 5.74) is 7.27. The van der Waals surface area contributed by atoms with Crippen molar-refractivity contribution in [3.05, 3.63) is 34.9 Å². The van der Waals surface area contributed by atoms with Gasteiger partial charge in [0.1, 0.15) is 17.7 Å². The normalized spacial score (nSPS) is 15.8. The third-order valence-corrected chi connectivity index (χ3v) is 6.37. The molecule has 37 heavy (non-hydrogen) atoms. The Balaban J connectivity index is 2.47. The van der Waals surface area contributed by atoms with Gasteiger partial charge in [0.15, 0.2) is 0 Å². The molecule has 1 fully saturated rings. The third-order valence-electron chi connectivity index (χ3n) is 6.37. The maximum Gasteiger partial charge on any atom is 0.408 e. The molecule has 2 atom stereocenters. The number of nitrogens with two attached hydrogens (primary N) is 1. The Bertz CT molecular complexity index is 966. The Morgan fingerprint density at radius 1 is 1.11 bits per heavy atom. The summed E-state index contributed by atoms with van der Waals surface area (Å²) < 4.78 is 5.31. The molecular formula is C28H44N4O5. The summed E-state index contributed by atoms with van der Waals surface area (Å²) in [5.74, 6) is -1.58. The molecule has 1 aromatic rings. The van der Waals surface area contributed by atoms with Gasteiger partial charge in [0, 0.05) is 12.6 Å². The molecule has 0 bridgehead atoms. The van der Waals surface area contributed by atoms with Crippen LogP contribution < -0.4 is 16.4 Å². The van der Waals surface area contributed by atoms with Crippen LogP contribution in [0.15, 0.2) is 18.2 Å². The Hall–Kier alpha value is -3.10. The molecule has 4 N–H and O–H groups in total. The monoisotopic (exact) mass is 516 g/mol. The Kier molecular flexibility index (Phi) is 10.9. The average molecular weight is 517 g/mol. The SMILES string of the molecule is CCCN(C(=O)C(CC(N)=O)NC(=O)OC(C)(C)C)C(C(=O)NC1CCCCC1)c1ccc(C)cc1C. The molecule has 9 nitrogen and oxygen atoms in total. The topological polar surface area (TPSA) is 131 Å². The number of nitrogens with one attached hydrogen (secondary N) is 2. The van der Waals surface area contributed by atoms with Gasteiger partial charge in [-0.3, -0.25) is 14.4 Å². The Morgan fingerprint density at radius 2 is 1.76 bits per heavy atom. The predicted molar refractivity (Wildman–Crippen MR) is 143 cm³/mol. The van der Waals surface area contributed by atoms with Crippen LogP contribution in [-0.4, -0.2) is 52.9 Å². The van der Waals surface area contributed by atoms with E-state index in [2.05, 4.69) is 10.6 Å². The highest BCUT2D eigenvalue weighted by molar-refractivity contribution is 5.94. The van der Waals surface area contributed by atoms with Crippen molar-refractivity contribution in [2.75, 3.05) is 6.54 Å². The second kappa shape index (κ2) is 13.4. The van der Waals surface area contributed by atoms with E-state index in [1.54, 1.807) is 20.8 Å². The zero-order valence-electron chi connectivity index (χ0n) is 23.2. The lowest BCUT2D eigenvalue weighted by molar-refractivity contribution is -0.143. The van der Waals surface area contributed by atoms with Gasteiger partial charge in [0.2, 0.25) is 17.7 Å². The van der Waals surface area contributed by atoms with Crippen LogP contribution in [0.4, 0.5) is 4.79 Å². The molecule has 1 aromatic carbocycles. The highest BCUT2D eigenvalue weighted by Gasteiger charge is 2.37. The summed E-state index contributed by atoms with van der Waals surface area (Å²) in [4.78, 5) is 53.6. The smallest absolute Gasteiger partial charge is 0.408 e. The first-order chi connectivity index (χ1) is 17.3. The summed E-state index contributed by atoms with van der Waals surface area (Å²) in [7, 11) is 0. The van der Waals surface area contributed by atoms with Crippen molar-refractivity contribution in [2.24, 2.45) is 5.73 Å². The van der Waals surface area contributed by atoms with Crippen LogP contribution in [0.25, 0.3) is 0 Å². The Labute approximate surface area is 220 Å². The largest absolute Gasteiger partial charge is 0.444 e. The number of amides is 4. The van der Waals surface area contributed by atoms with Gasteiger partial charge in [0.05, 0.1) is 6.42 Å². The first-order valence-corrected chi connectivity index (χ1v) is 13.3. The van der Waals surface area contributed by atoms with Gasteiger partial charge >= 0.3 is 6.09 Å². The van der Waals surface area contributed by atoms with Crippen molar-refractivity contribution in [2.45, 2.75) is 110 Å². The highest BCUT2D eigenvalue weighted by atomic mass is 16.6. The van der Waals surface area contributed by atoms with Crippen LogP contribution in [0.2, 0.25) is 0 Å². The van der Waals surface area contributed by atoms with Crippen molar-refractivity contribution in [1.82, 2.24) is 15.5 Å². The molecule has 0 aliphatic heterocycles. The van der Waals surface area contributed by atoms with E-state index in [9.17, 15) is 19.2 Å². The second-order valence-electron chi connectivity index (χ2n) is 11.0. The predicted octanol–water partition coefficient (Wildman–Crippen LogP) is 3.80. The summed E-state index contributed by atoms with van der Waals surface area (Å²) in [6, 6.07) is 3.62. The fourth-order valence-electron chi connectivity index (χ4n) is 4.77. The number of hydrogen-bond acceptors (Lipinski definition) is 5. The maximum absolute atomic E-state index is 13.9. The lowest BCUT2D eigenvalue weighted by atomic mass is 9.93. The summed E-state index contributed by atoms with van der Waals surface area (Å²) >= 11 is 0. The van der Waals surface area contributed by atoms with Gasteiger partial charge in [-0.25, -0.2) is 4.79 Å². The Morgan fingerprint density at radius 3 is 2.30 bits per heavy atom. The quantitative estimate of drug-likeness (QED) is 0.435. The van der Waals surface area contributed by atoms with Crippen LogP contribution in [0.5, 0.6) is 0 Å². The standard InChI is InChI=1S/C28H44N4O5/c1-7-15-32(26(35)22(17-23(29)33)31-27(36)37-28(4,5)6)24(21-14-13-18(2)16-19(21)3)25(34)30-20-11-9-8-10-12-20/h13-14,16,20,22,24H,7-12,15,17H2,1-6H3,(H2,29,33)(H,30,34)(H,31,36). The third kappa shape index (κ3) is 9.37. The fraction of sp³-hybridized carbons (Fsp3) is 0.643. The number of alkyl carbamates (subject to hydrolysis) is 1. The van der Waals surface area contributed by atoms with E-state index in [4.69, 9.17) is 10.5 Å². The highest BCUT2D eigenvalue weighted by Crippen LogP contribution is 2.28. The molecule has 1 aliphatic rings. The minimum atomic E-state index is -1.27. The number of nitrogens with zero attached hydrogens (tertiary/aromatic N) is 1. The molecule has 1 saturated carbocycles. The lowest BCUT2D eigenvalue weighted by Crippen LogP contribution is -2.55. The molecule has 9 heteroatoms. The molecule has 2 unspecified atom stereocenters. The first kappa shape index (κ1) is 30.1. The van der Waals surface area contributed by atoms with Gasteiger partial charge in [-0.2, -0.15) is 0 Å². The molecule has 206 valence electrons. The van der Waals surface area contributed by atoms with E-state index in [1.807, 2.05) is 39.0 Å². The van der Waals surface area contributed by atoms with Crippen molar-refractivity contribution >= 4 is 23.8 Å². The second-order valence-corrected chi connectivity index (χ2v) is 11.0. The van der Waals surface area contributed by atoms with E-state index in [1.165, 1.54) is 4.90 Å². The summed E-state index contributed by atoms with van der Waals surface area (Å²) in [5, 5.41) is 5.68. The van der Waals surface area contributed by atoms with Gasteiger partial charge in [0.25, 0.3) is 0 Å². The van der Waals surface area contributed by atoms with Crippen LogP contribution >= 0.6 is 0 Å². The van der Waals surface area contributed by atoms with E-state index in [0.29, 0.717) is 12.0 Å². The van der Waals surface area contributed by atoms with E-state index in [-0.39, 0.29) is 18.5 Å². The van der Waals surface area contributed by atoms with E-state index < -0.39 is 42.0 Å². The molecule has 1 aliphatic carbocycles. The number of carbonyl (C=O) groups excluding carboxylic acids is 4. The van der Waals surface area contributed by atoms with Crippen LogP contribution in [0.1, 0.15) is 95.4 Å². The molecule has 0 radical (unpaired) electrons. The molecular weight excluding hydrogens is 472 g/mol. The average Bonchev–Trinajstić information content (AvgIpc) is 2.78. The molecule has 2 rings (SSSR count). The minimum Gasteiger partial charge on any atom is -0.444 e. The van der Waals surface area contributed by atoms with Crippen molar-refractivity contribution < 1.29 is 23.9 Å². The number of aryl methyl sites for hydroxylation is 2. The number of rotatable bonds is 10. The summed E-state index contributed by atoms with van der Waals surface area (Å²) in [6.07, 6.45) is 4.38. The van der Waals surface area contributed by atoms with Gasteiger partial charge in [-0.1, -0.05) is 49.9 Å². The van der Waals surface area contributed by atoms with Crippen LogP contribution in [-0.2, 0) is 19.1 Å². The van der Waals surface area contributed by atoms with Crippen molar-refractivity contribution in [1.29, 1.82) is 0 Å². The summed E-state index contributed by atoms with van der Waals surface area (Å²) in [6.45, 7) is 11.1. The molecule has 0 aromatic heterocycles. The molecule has 0 heterocycles. The first-order valence-electron chi connectivity index (χ1n) is 13.3. The molecule has 4 amide bonds. The van der Waals surface area contributed by atoms with Gasteiger partial charge in [-0.05, 0) is 65.0 Å². The van der Waals surface area contributed by atoms with Crippen molar-refractivity contribution in [3.8, 4) is 0 Å². The van der Waals surface area contributed by atoms with Gasteiger partial charge in [-0.15, -0.1) is 0 Å². The molecule has 0 saturated heterocycles. The van der Waals surface area contributed by atoms with Gasteiger partial charge < -0.3 is 26.0 Å². The zero-order valence-corrected chi connectivity index (χ0v) is 23.2. The number of ether oxygens (including phenoxy) is 1. The number of hydrogen-bond donors (Lipinski definition) is 3. The van der Waals surface area contributed by atoms with Crippen molar-refractivity contribution in [3.63, 3.8) is 0 Å². The number of benzene rings is 1. The lowest BCUT2D eigenvalue weighted by Gasteiger charge is -2.36. The number of primary amides is 1. The fourth-order valence-corrected chi connectivity index (χ4v) is 4.77. The minimum absolute atomic E-state index is 0.0504. The van der Waals surface area contributed by atoms with Crippen LogP contribution in [0, 0.1) is 13.8 Å². The zero-order chi connectivity index (χ0) is 27.8. The van der Waals surface area contributed by atoms with Crippen LogP contribution in [0.3, 0.4) is 0 Å². The van der Waals surface area contributed by atoms with E-state index in [0.717, 1.165) is 43.2 Å². The molecule has 0 spiro atoms.